The van der Waals surface area contributed by atoms with Gasteiger partial charge in [-0.2, -0.15) is 13.2 Å². The predicted molar refractivity (Wildman–Crippen MR) is 65.6 cm³/mol. The molecule has 2 rings (SSSR count). The van der Waals surface area contributed by atoms with Crippen molar-refractivity contribution < 1.29 is 22.0 Å². The molecule has 0 saturated heterocycles. The van der Waals surface area contributed by atoms with Crippen LogP contribution in [0.1, 0.15) is 29.9 Å². The van der Waals surface area contributed by atoms with Crippen LogP contribution in [0.15, 0.2) is 41.0 Å². The smallest absolute Gasteiger partial charge is 0.416 e. The molecule has 0 aliphatic carbocycles. The molecule has 0 bridgehead atoms. The van der Waals surface area contributed by atoms with Crippen LogP contribution in [0.25, 0.3) is 0 Å². The molecule has 1 aromatic heterocycles. The molecule has 1 aromatic carbocycles. The molecule has 0 radical (unpaired) electrons. The zero-order valence-electron chi connectivity index (χ0n) is 10.7. The lowest BCUT2D eigenvalue weighted by Gasteiger charge is -2.21. The quantitative estimate of drug-likeness (QED) is 0.855. The van der Waals surface area contributed by atoms with Gasteiger partial charge in [-0.3, -0.25) is 0 Å². The van der Waals surface area contributed by atoms with Gasteiger partial charge in [-0.05, 0) is 42.4 Å². The highest BCUT2D eigenvalue weighted by atomic mass is 19.4. The van der Waals surface area contributed by atoms with Gasteiger partial charge in [0.2, 0.25) is 0 Å². The van der Waals surface area contributed by atoms with E-state index in [0.29, 0.717) is 12.3 Å². The molecule has 2 aromatic rings. The molecule has 2 nitrogen and oxygen atoms in total. The van der Waals surface area contributed by atoms with Crippen LogP contribution in [0.3, 0.4) is 0 Å². The molecule has 20 heavy (non-hydrogen) atoms. The highest BCUT2D eigenvalue weighted by Crippen LogP contribution is 2.37. The van der Waals surface area contributed by atoms with Crippen molar-refractivity contribution in [2.24, 2.45) is 0 Å². The van der Waals surface area contributed by atoms with Crippen molar-refractivity contribution in [3.63, 3.8) is 0 Å². The number of halogens is 4. The van der Waals surface area contributed by atoms with Gasteiger partial charge in [0.1, 0.15) is 11.6 Å². The Hall–Kier alpha value is -1.82. The van der Waals surface area contributed by atoms with E-state index in [1.807, 2.05) is 0 Å². The van der Waals surface area contributed by atoms with Crippen LogP contribution in [0.5, 0.6) is 0 Å². The SMILES string of the molecule is CCNC(c1ccco1)c1cc(F)ccc1C(F)(F)F. The van der Waals surface area contributed by atoms with Crippen molar-refractivity contribution >= 4 is 0 Å². The van der Waals surface area contributed by atoms with E-state index in [0.717, 1.165) is 18.2 Å². The Labute approximate surface area is 113 Å². The minimum absolute atomic E-state index is 0.186. The lowest BCUT2D eigenvalue weighted by Crippen LogP contribution is -2.25. The molecule has 0 amide bonds. The maximum absolute atomic E-state index is 13.4. The topological polar surface area (TPSA) is 25.2 Å². The Balaban J connectivity index is 2.55. The maximum atomic E-state index is 13.4. The lowest BCUT2D eigenvalue weighted by atomic mass is 9.97. The summed E-state index contributed by atoms with van der Waals surface area (Å²) in [6, 6.07) is 4.72. The highest BCUT2D eigenvalue weighted by Gasteiger charge is 2.36. The van der Waals surface area contributed by atoms with Crippen LogP contribution in [0, 0.1) is 5.82 Å². The van der Waals surface area contributed by atoms with E-state index >= 15 is 0 Å². The van der Waals surface area contributed by atoms with Crippen molar-refractivity contribution in [2.45, 2.75) is 19.1 Å². The maximum Gasteiger partial charge on any atom is 0.416 e. The van der Waals surface area contributed by atoms with Crippen molar-refractivity contribution in [3.05, 3.63) is 59.3 Å². The first-order valence-electron chi connectivity index (χ1n) is 6.07. The van der Waals surface area contributed by atoms with Crippen molar-refractivity contribution in [3.8, 4) is 0 Å². The molecule has 108 valence electrons. The van der Waals surface area contributed by atoms with Crippen LogP contribution in [0.4, 0.5) is 17.6 Å². The average molecular weight is 287 g/mol. The van der Waals surface area contributed by atoms with E-state index in [2.05, 4.69) is 5.32 Å². The molecular formula is C14H13F4NO. The summed E-state index contributed by atoms with van der Waals surface area (Å²) >= 11 is 0. The number of benzene rings is 1. The van der Waals surface area contributed by atoms with Crippen LogP contribution >= 0.6 is 0 Å². The molecule has 0 spiro atoms. The molecular weight excluding hydrogens is 274 g/mol. The monoisotopic (exact) mass is 287 g/mol. The highest BCUT2D eigenvalue weighted by molar-refractivity contribution is 5.37. The van der Waals surface area contributed by atoms with E-state index < -0.39 is 23.6 Å². The van der Waals surface area contributed by atoms with Crippen LogP contribution in [-0.2, 0) is 6.18 Å². The minimum atomic E-state index is -4.55. The summed E-state index contributed by atoms with van der Waals surface area (Å²) in [6.07, 6.45) is -3.18. The van der Waals surface area contributed by atoms with E-state index in [1.165, 1.54) is 6.26 Å². The standard InChI is InChI=1S/C14H13F4NO/c1-2-19-13(12-4-3-7-20-12)10-8-9(15)5-6-11(10)14(16,17)18/h3-8,13,19H,2H2,1H3. The van der Waals surface area contributed by atoms with E-state index in [4.69, 9.17) is 4.42 Å². The van der Waals surface area contributed by atoms with Crippen LogP contribution < -0.4 is 5.32 Å². The second-order valence-electron chi connectivity index (χ2n) is 4.24. The third-order valence-corrected chi connectivity index (χ3v) is 2.87. The zero-order chi connectivity index (χ0) is 14.8. The summed E-state index contributed by atoms with van der Waals surface area (Å²) in [5.74, 6) is -0.412. The molecule has 1 atom stereocenters. The lowest BCUT2D eigenvalue weighted by molar-refractivity contribution is -0.138. The van der Waals surface area contributed by atoms with Crippen molar-refractivity contribution in [1.82, 2.24) is 5.32 Å². The second-order valence-corrected chi connectivity index (χ2v) is 4.24. The fourth-order valence-electron chi connectivity index (χ4n) is 2.05. The van der Waals surface area contributed by atoms with Gasteiger partial charge in [-0.25, -0.2) is 4.39 Å². The molecule has 0 saturated carbocycles. The molecule has 6 heteroatoms. The van der Waals surface area contributed by atoms with Crippen LogP contribution in [-0.4, -0.2) is 6.54 Å². The van der Waals surface area contributed by atoms with Gasteiger partial charge in [-0.15, -0.1) is 0 Å². The fraction of sp³-hybridized carbons (Fsp3) is 0.286. The number of hydrogen-bond donors (Lipinski definition) is 1. The summed E-state index contributed by atoms with van der Waals surface area (Å²) < 4.78 is 57.6. The number of nitrogens with one attached hydrogen (secondary N) is 1. The van der Waals surface area contributed by atoms with E-state index in [1.54, 1.807) is 19.1 Å². The average Bonchev–Trinajstić information content (AvgIpc) is 2.87. The second kappa shape index (κ2) is 5.66. The first-order valence-corrected chi connectivity index (χ1v) is 6.07. The third kappa shape index (κ3) is 3.01. The largest absolute Gasteiger partial charge is 0.467 e. The predicted octanol–water partition coefficient (Wildman–Crippen LogP) is 4.14. The van der Waals surface area contributed by atoms with Crippen molar-refractivity contribution in [2.75, 3.05) is 6.54 Å². The molecule has 0 aliphatic rings. The van der Waals surface area contributed by atoms with Gasteiger partial charge in [-0.1, -0.05) is 6.92 Å². The first-order chi connectivity index (χ1) is 9.43. The Morgan fingerprint density at radius 3 is 2.55 bits per heavy atom. The molecule has 1 unspecified atom stereocenters. The van der Waals surface area contributed by atoms with Gasteiger partial charge >= 0.3 is 6.18 Å². The summed E-state index contributed by atoms with van der Waals surface area (Å²) in [4.78, 5) is 0. The van der Waals surface area contributed by atoms with Crippen LogP contribution in [0.2, 0.25) is 0 Å². The number of rotatable bonds is 4. The number of alkyl halides is 3. The third-order valence-electron chi connectivity index (χ3n) is 2.87. The van der Waals surface area contributed by atoms with E-state index in [-0.39, 0.29) is 5.56 Å². The van der Waals surface area contributed by atoms with Gasteiger partial charge in [0, 0.05) is 0 Å². The van der Waals surface area contributed by atoms with Gasteiger partial charge in [0.25, 0.3) is 0 Å². The summed E-state index contributed by atoms with van der Waals surface area (Å²) in [6.45, 7) is 2.17. The molecule has 0 aliphatic heterocycles. The molecule has 1 N–H and O–H groups in total. The fourth-order valence-corrected chi connectivity index (χ4v) is 2.05. The number of hydrogen-bond acceptors (Lipinski definition) is 2. The number of furan rings is 1. The molecule has 1 heterocycles. The van der Waals surface area contributed by atoms with Gasteiger partial charge in [0.15, 0.2) is 0 Å². The first kappa shape index (κ1) is 14.6. The van der Waals surface area contributed by atoms with Gasteiger partial charge in [0.05, 0.1) is 17.9 Å². The Kier molecular flexibility index (Phi) is 4.13. The minimum Gasteiger partial charge on any atom is -0.467 e. The Bertz CT molecular complexity index is 563. The van der Waals surface area contributed by atoms with Gasteiger partial charge < -0.3 is 9.73 Å². The summed E-state index contributed by atoms with van der Waals surface area (Å²) in [5.41, 5.74) is -1.06. The summed E-state index contributed by atoms with van der Waals surface area (Å²) in [5, 5.41) is 2.88. The normalized spacial score (nSPS) is 13.4. The summed E-state index contributed by atoms with van der Waals surface area (Å²) in [7, 11) is 0. The van der Waals surface area contributed by atoms with Crippen molar-refractivity contribution in [1.29, 1.82) is 0 Å². The zero-order valence-corrected chi connectivity index (χ0v) is 10.7. The van der Waals surface area contributed by atoms with E-state index in [9.17, 15) is 17.6 Å². The Morgan fingerprint density at radius 1 is 1.25 bits per heavy atom. The molecule has 0 fully saturated rings. The Morgan fingerprint density at radius 2 is 2.00 bits per heavy atom.